The van der Waals surface area contributed by atoms with Gasteiger partial charge in [-0.05, 0) is 57.0 Å². The number of hydrogen-bond acceptors (Lipinski definition) is 2. The van der Waals surface area contributed by atoms with Crippen LogP contribution in [0.1, 0.15) is 39.0 Å². The molecule has 2 heteroatoms. The average Bonchev–Trinajstić information content (AvgIpc) is 2.28. The van der Waals surface area contributed by atoms with Gasteiger partial charge < -0.3 is 9.64 Å². The van der Waals surface area contributed by atoms with Crippen LogP contribution in [-0.2, 0) is 4.74 Å². The van der Waals surface area contributed by atoms with E-state index >= 15 is 0 Å². The number of rotatable bonds is 3. The summed E-state index contributed by atoms with van der Waals surface area (Å²) in [6, 6.07) is 0. The fourth-order valence-corrected chi connectivity index (χ4v) is 2.89. The van der Waals surface area contributed by atoms with E-state index < -0.39 is 0 Å². The zero-order valence-corrected chi connectivity index (χ0v) is 10.1. The Morgan fingerprint density at radius 3 is 2.73 bits per heavy atom. The van der Waals surface area contributed by atoms with Gasteiger partial charge >= 0.3 is 0 Å². The first kappa shape index (κ1) is 11.4. The molecule has 0 amide bonds. The molecule has 2 aliphatic heterocycles. The highest BCUT2D eigenvalue weighted by Crippen LogP contribution is 2.21. The zero-order valence-electron chi connectivity index (χ0n) is 10.1. The fourth-order valence-electron chi connectivity index (χ4n) is 2.89. The Hall–Kier alpha value is -0.0800. The second kappa shape index (κ2) is 5.86. The van der Waals surface area contributed by atoms with Crippen LogP contribution in [0.25, 0.3) is 0 Å². The number of likely N-dealkylation sites (tertiary alicyclic amines) is 1. The average molecular weight is 211 g/mol. The van der Waals surface area contributed by atoms with Gasteiger partial charge in [0.2, 0.25) is 0 Å². The van der Waals surface area contributed by atoms with Gasteiger partial charge in [-0.2, -0.15) is 0 Å². The SMILES string of the molecule is CC1CCCN(CCC2CCOCC2)C1. The number of ether oxygens (including phenoxy) is 1. The molecule has 2 aliphatic rings. The molecule has 2 rings (SSSR count). The summed E-state index contributed by atoms with van der Waals surface area (Å²) in [6.07, 6.45) is 6.84. The molecular formula is C13H25NO. The number of nitrogens with zero attached hydrogens (tertiary/aromatic N) is 1. The van der Waals surface area contributed by atoms with E-state index in [1.54, 1.807) is 0 Å². The fraction of sp³-hybridized carbons (Fsp3) is 1.00. The first-order valence-corrected chi connectivity index (χ1v) is 6.64. The Kier molecular flexibility index (Phi) is 4.45. The van der Waals surface area contributed by atoms with E-state index in [2.05, 4.69) is 11.8 Å². The van der Waals surface area contributed by atoms with Gasteiger partial charge in [0.15, 0.2) is 0 Å². The molecule has 0 aliphatic carbocycles. The molecule has 2 nitrogen and oxygen atoms in total. The Labute approximate surface area is 94.0 Å². The van der Waals surface area contributed by atoms with Crippen molar-refractivity contribution in [2.75, 3.05) is 32.8 Å². The summed E-state index contributed by atoms with van der Waals surface area (Å²) in [7, 11) is 0. The highest BCUT2D eigenvalue weighted by molar-refractivity contribution is 4.72. The zero-order chi connectivity index (χ0) is 10.5. The molecule has 0 aromatic heterocycles. The third kappa shape index (κ3) is 3.76. The summed E-state index contributed by atoms with van der Waals surface area (Å²) < 4.78 is 5.39. The van der Waals surface area contributed by atoms with E-state index in [0.717, 1.165) is 25.0 Å². The second-order valence-corrected chi connectivity index (χ2v) is 5.39. The van der Waals surface area contributed by atoms with E-state index in [4.69, 9.17) is 4.74 Å². The molecule has 0 radical (unpaired) electrons. The smallest absolute Gasteiger partial charge is 0.0468 e. The van der Waals surface area contributed by atoms with Crippen molar-refractivity contribution < 1.29 is 4.74 Å². The van der Waals surface area contributed by atoms with E-state index in [1.165, 1.54) is 51.7 Å². The number of piperidine rings is 1. The third-order valence-electron chi connectivity index (χ3n) is 3.94. The van der Waals surface area contributed by atoms with E-state index in [0.29, 0.717) is 0 Å². The lowest BCUT2D eigenvalue weighted by Gasteiger charge is -2.32. The first-order valence-electron chi connectivity index (χ1n) is 6.64. The maximum Gasteiger partial charge on any atom is 0.0468 e. The van der Waals surface area contributed by atoms with Crippen molar-refractivity contribution in [3.8, 4) is 0 Å². The van der Waals surface area contributed by atoms with Gasteiger partial charge in [0.05, 0.1) is 0 Å². The molecule has 0 aromatic carbocycles. The molecule has 88 valence electrons. The van der Waals surface area contributed by atoms with Crippen LogP contribution in [0.5, 0.6) is 0 Å². The van der Waals surface area contributed by atoms with Crippen LogP contribution in [0, 0.1) is 11.8 Å². The van der Waals surface area contributed by atoms with Crippen molar-refractivity contribution in [1.29, 1.82) is 0 Å². The van der Waals surface area contributed by atoms with Gasteiger partial charge in [-0.25, -0.2) is 0 Å². The van der Waals surface area contributed by atoms with Gasteiger partial charge in [0.25, 0.3) is 0 Å². The maximum absolute atomic E-state index is 5.39. The first-order chi connectivity index (χ1) is 7.34. The molecule has 1 unspecified atom stereocenters. The number of hydrogen-bond donors (Lipinski definition) is 0. The highest BCUT2D eigenvalue weighted by atomic mass is 16.5. The van der Waals surface area contributed by atoms with Crippen molar-refractivity contribution in [2.45, 2.75) is 39.0 Å². The van der Waals surface area contributed by atoms with Crippen LogP contribution in [-0.4, -0.2) is 37.7 Å². The van der Waals surface area contributed by atoms with Crippen LogP contribution >= 0.6 is 0 Å². The van der Waals surface area contributed by atoms with Crippen molar-refractivity contribution in [1.82, 2.24) is 4.90 Å². The summed E-state index contributed by atoms with van der Waals surface area (Å²) in [5, 5.41) is 0. The normalized spacial score (nSPS) is 30.6. The summed E-state index contributed by atoms with van der Waals surface area (Å²) >= 11 is 0. The van der Waals surface area contributed by atoms with Crippen LogP contribution in [0.2, 0.25) is 0 Å². The van der Waals surface area contributed by atoms with Crippen molar-refractivity contribution in [2.24, 2.45) is 11.8 Å². The summed E-state index contributed by atoms with van der Waals surface area (Å²) in [5.41, 5.74) is 0. The molecule has 0 aromatic rings. The Bertz CT molecular complexity index is 177. The predicted molar refractivity (Wildman–Crippen MR) is 63.0 cm³/mol. The van der Waals surface area contributed by atoms with Gasteiger partial charge in [-0.1, -0.05) is 6.92 Å². The van der Waals surface area contributed by atoms with Gasteiger partial charge in [-0.15, -0.1) is 0 Å². The molecule has 0 saturated carbocycles. The summed E-state index contributed by atoms with van der Waals surface area (Å²) in [6.45, 7) is 8.40. The molecular weight excluding hydrogens is 186 g/mol. The minimum Gasteiger partial charge on any atom is -0.381 e. The van der Waals surface area contributed by atoms with Crippen LogP contribution < -0.4 is 0 Å². The minimum absolute atomic E-state index is 0.924. The molecule has 2 saturated heterocycles. The van der Waals surface area contributed by atoms with Gasteiger partial charge in [0, 0.05) is 19.8 Å². The molecule has 0 N–H and O–H groups in total. The lowest BCUT2D eigenvalue weighted by atomic mass is 9.95. The molecule has 15 heavy (non-hydrogen) atoms. The predicted octanol–water partition coefficient (Wildman–Crippen LogP) is 2.54. The summed E-state index contributed by atoms with van der Waals surface area (Å²) in [4.78, 5) is 2.67. The highest BCUT2D eigenvalue weighted by Gasteiger charge is 2.18. The van der Waals surface area contributed by atoms with Crippen LogP contribution in [0.15, 0.2) is 0 Å². The Morgan fingerprint density at radius 1 is 1.20 bits per heavy atom. The third-order valence-corrected chi connectivity index (χ3v) is 3.94. The van der Waals surface area contributed by atoms with E-state index in [9.17, 15) is 0 Å². The largest absolute Gasteiger partial charge is 0.381 e. The van der Waals surface area contributed by atoms with Gasteiger partial charge in [-0.3, -0.25) is 0 Å². The van der Waals surface area contributed by atoms with E-state index in [1.807, 2.05) is 0 Å². The quantitative estimate of drug-likeness (QED) is 0.711. The monoisotopic (exact) mass is 211 g/mol. The van der Waals surface area contributed by atoms with E-state index in [-0.39, 0.29) is 0 Å². The van der Waals surface area contributed by atoms with Crippen molar-refractivity contribution in [3.05, 3.63) is 0 Å². The maximum atomic E-state index is 5.39. The molecule has 2 fully saturated rings. The minimum atomic E-state index is 0.924. The van der Waals surface area contributed by atoms with Crippen LogP contribution in [0.3, 0.4) is 0 Å². The van der Waals surface area contributed by atoms with Gasteiger partial charge in [0.1, 0.15) is 0 Å². The van der Waals surface area contributed by atoms with Crippen LogP contribution in [0.4, 0.5) is 0 Å². The Balaban J connectivity index is 1.63. The molecule has 2 heterocycles. The lowest BCUT2D eigenvalue weighted by Crippen LogP contribution is -2.36. The topological polar surface area (TPSA) is 12.5 Å². The standard InChI is InChI=1S/C13H25NO/c1-12-3-2-7-14(11-12)8-4-13-5-9-15-10-6-13/h12-13H,2-11H2,1H3. The molecule has 1 atom stereocenters. The van der Waals surface area contributed by atoms with Crippen molar-refractivity contribution in [3.63, 3.8) is 0 Å². The summed E-state index contributed by atoms with van der Waals surface area (Å²) in [5.74, 6) is 1.87. The second-order valence-electron chi connectivity index (χ2n) is 5.39. The molecule has 0 bridgehead atoms. The van der Waals surface area contributed by atoms with Crippen molar-refractivity contribution >= 4 is 0 Å². The lowest BCUT2D eigenvalue weighted by molar-refractivity contribution is 0.0579. The Morgan fingerprint density at radius 2 is 2.00 bits per heavy atom. The molecule has 0 spiro atoms.